The summed E-state index contributed by atoms with van der Waals surface area (Å²) < 4.78 is 13.1. The first-order valence-electron chi connectivity index (χ1n) is 9.01. The van der Waals surface area contributed by atoms with E-state index < -0.39 is 0 Å². The number of hydrogen-bond acceptors (Lipinski definition) is 2. The molecular weight excluding hydrogens is 331 g/mol. The smallest absolute Gasteiger partial charge is 0.253 e. The molecule has 0 saturated carbocycles. The van der Waals surface area contributed by atoms with Crippen LogP contribution in [-0.2, 0) is 4.79 Å². The summed E-state index contributed by atoms with van der Waals surface area (Å²) >= 11 is 0. The van der Waals surface area contributed by atoms with Crippen LogP contribution < -0.4 is 4.90 Å². The van der Waals surface area contributed by atoms with Crippen molar-refractivity contribution in [2.24, 2.45) is 5.92 Å². The molecule has 0 aromatic heterocycles. The Hall–Kier alpha value is -2.69. The minimum atomic E-state index is -0.366. The second kappa shape index (κ2) is 8.13. The van der Waals surface area contributed by atoms with Crippen molar-refractivity contribution in [1.29, 1.82) is 0 Å². The molecule has 1 saturated heterocycles. The Bertz CT molecular complexity index is 761. The Morgan fingerprint density at radius 1 is 1.12 bits per heavy atom. The van der Waals surface area contributed by atoms with Gasteiger partial charge in [-0.25, -0.2) is 4.39 Å². The van der Waals surface area contributed by atoms with E-state index in [9.17, 15) is 14.0 Å². The summed E-state index contributed by atoms with van der Waals surface area (Å²) in [6.07, 6.45) is 1.56. The Morgan fingerprint density at radius 2 is 1.81 bits per heavy atom. The second-order valence-electron chi connectivity index (χ2n) is 6.52. The number of carbonyl (C=O) groups excluding carboxylic acids is 2. The fourth-order valence-electron chi connectivity index (χ4n) is 3.43. The molecule has 2 amide bonds. The minimum absolute atomic E-state index is 0.0512. The summed E-state index contributed by atoms with van der Waals surface area (Å²) in [6, 6.07) is 15.1. The minimum Gasteiger partial charge on any atom is -0.338 e. The maximum absolute atomic E-state index is 13.1. The summed E-state index contributed by atoms with van der Waals surface area (Å²) in [5, 5.41) is 0. The van der Waals surface area contributed by atoms with Crippen LogP contribution in [0.25, 0.3) is 0 Å². The highest BCUT2D eigenvalue weighted by Gasteiger charge is 2.31. The molecule has 2 aromatic carbocycles. The van der Waals surface area contributed by atoms with E-state index in [0.717, 1.165) is 18.5 Å². The van der Waals surface area contributed by atoms with Crippen LogP contribution in [0.15, 0.2) is 54.6 Å². The molecule has 26 heavy (non-hydrogen) atoms. The first-order chi connectivity index (χ1) is 12.6. The average molecular weight is 354 g/mol. The van der Waals surface area contributed by atoms with Gasteiger partial charge in [-0.15, -0.1) is 0 Å². The Morgan fingerprint density at radius 3 is 2.46 bits per heavy atom. The van der Waals surface area contributed by atoms with E-state index in [-0.39, 0.29) is 23.5 Å². The number of likely N-dealkylation sites (tertiary alicyclic amines) is 1. The first kappa shape index (κ1) is 18.1. The molecular formula is C21H23FN2O2. The molecule has 5 heteroatoms. The Kier molecular flexibility index (Phi) is 5.66. The highest BCUT2D eigenvalue weighted by Crippen LogP contribution is 2.24. The lowest BCUT2D eigenvalue weighted by Gasteiger charge is -2.35. The quantitative estimate of drug-likeness (QED) is 0.839. The first-order valence-corrected chi connectivity index (χ1v) is 9.01. The van der Waals surface area contributed by atoms with Gasteiger partial charge in [0.25, 0.3) is 5.91 Å². The van der Waals surface area contributed by atoms with Crippen molar-refractivity contribution >= 4 is 17.5 Å². The van der Waals surface area contributed by atoms with E-state index in [2.05, 4.69) is 0 Å². The zero-order valence-corrected chi connectivity index (χ0v) is 14.9. The van der Waals surface area contributed by atoms with Crippen LogP contribution in [0.5, 0.6) is 0 Å². The number of piperidine rings is 1. The normalized spacial score (nSPS) is 17.0. The molecule has 0 radical (unpaired) electrons. The molecule has 136 valence electrons. The number of rotatable bonds is 4. The summed E-state index contributed by atoms with van der Waals surface area (Å²) in [5.41, 5.74) is 1.33. The molecule has 0 spiro atoms. The van der Waals surface area contributed by atoms with Crippen LogP contribution in [0, 0.1) is 11.7 Å². The van der Waals surface area contributed by atoms with Gasteiger partial charge in [0.1, 0.15) is 5.82 Å². The average Bonchev–Trinajstić information content (AvgIpc) is 2.69. The largest absolute Gasteiger partial charge is 0.338 e. The number of benzene rings is 2. The van der Waals surface area contributed by atoms with Crippen molar-refractivity contribution in [3.63, 3.8) is 0 Å². The van der Waals surface area contributed by atoms with Crippen LogP contribution in [0.4, 0.5) is 10.1 Å². The third kappa shape index (κ3) is 3.93. The van der Waals surface area contributed by atoms with Gasteiger partial charge < -0.3 is 9.80 Å². The van der Waals surface area contributed by atoms with Crippen LogP contribution in [-0.4, -0.2) is 36.3 Å². The standard InChI is InChI=1S/C21H23FN2O2/c1-2-24(19-8-4-3-5-9-19)21(26)17-7-6-14-23(15-17)20(25)16-10-12-18(22)13-11-16/h3-5,8-13,17H,2,6-7,14-15H2,1H3/t17-/m1/s1. The second-order valence-corrected chi connectivity index (χ2v) is 6.52. The van der Waals surface area contributed by atoms with Crippen molar-refractivity contribution in [2.75, 3.05) is 24.5 Å². The Balaban J connectivity index is 1.72. The molecule has 3 rings (SSSR count). The number of amides is 2. The summed E-state index contributed by atoms with van der Waals surface area (Å²) in [7, 11) is 0. The SMILES string of the molecule is CCN(C(=O)[C@@H]1CCCN(C(=O)c2ccc(F)cc2)C1)c1ccccc1. The van der Waals surface area contributed by atoms with Gasteiger partial charge in [0.05, 0.1) is 5.92 Å². The summed E-state index contributed by atoms with van der Waals surface area (Å²) in [4.78, 5) is 29.2. The van der Waals surface area contributed by atoms with Crippen LogP contribution in [0.3, 0.4) is 0 Å². The molecule has 1 fully saturated rings. The molecule has 0 unspecified atom stereocenters. The lowest BCUT2D eigenvalue weighted by Crippen LogP contribution is -2.47. The van der Waals surface area contributed by atoms with Crippen molar-refractivity contribution in [1.82, 2.24) is 4.90 Å². The molecule has 0 bridgehead atoms. The van der Waals surface area contributed by atoms with Crippen LogP contribution in [0.1, 0.15) is 30.1 Å². The maximum Gasteiger partial charge on any atom is 0.253 e. The number of nitrogens with zero attached hydrogens (tertiary/aromatic N) is 2. The summed E-state index contributed by atoms with van der Waals surface area (Å²) in [6.45, 7) is 3.57. The third-order valence-corrected chi connectivity index (χ3v) is 4.80. The van der Waals surface area contributed by atoms with Gasteiger partial charge in [0, 0.05) is 30.9 Å². The van der Waals surface area contributed by atoms with E-state index in [4.69, 9.17) is 0 Å². The van der Waals surface area contributed by atoms with Crippen molar-refractivity contribution in [3.05, 3.63) is 66.0 Å². The van der Waals surface area contributed by atoms with E-state index in [1.165, 1.54) is 24.3 Å². The zero-order chi connectivity index (χ0) is 18.5. The molecule has 4 nitrogen and oxygen atoms in total. The fourth-order valence-corrected chi connectivity index (χ4v) is 3.43. The molecule has 2 aromatic rings. The predicted molar refractivity (Wildman–Crippen MR) is 99.5 cm³/mol. The predicted octanol–water partition coefficient (Wildman–Crippen LogP) is 3.73. The number of anilines is 1. The van der Waals surface area contributed by atoms with Gasteiger partial charge in [0.15, 0.2) is 0 Å². The summed E-state index contributed by atoms with van der Waals surface area (Å²) in [5.74, 6) is -0.677. The molecule has 1 aliphatic heterocycles. The number of halogens is 1. The van der Waals surface area contributed by atoms with Crippen molar-refractivity contribution in [3.8, 4) is 0 Å². The van der Waals surface area contributed by atoms with E-state index in [1.54, 1.807) is 9.80 Å². The molecule has 1 heterocycles. The third-order valence-electron chi connectivity index (χ3n) is 4.80. The van der Waals surface area contributed by atoms with E-state index >= 15 is 0 Å². The molecule has 0 aliphatic carbocycles. The zero-order valence-electron chi connectivity index (χ0n) is 14.9. The topological polar surface area (TPSA) is 40.6 Å². The highest BCUT2D eigenvalue weighted by molar-refractivity contribution is 5.97. The van der Waals surface area contributed by atoms with Crippen molar-refractivity contribution < 1.29 is 14.0 Å². The van der Waals surface area contributed by atoms with Gasteiger partial charge in [0.2, 0.25) is 5.91 Å². The van der Waals surface area contributed by atoms with Gasteiger partial charge in [-0.3, -0.25) is 9.59 Å². The Labute approximate surface area is 153 Å². The van der Waals surface area contributed by atoms with Crippen molar-refractivity contribution in [2.45, 2.75) is 19.8 Å². The molecule has 0 N–H and O–H groups in total. The maximum atomic E-state index is 13.1. The number of hydrogen-bond donors (Lipinski definition) is 0. The highest BCUT2D eigenvalue weighted by atomic mass is 19.1. The van der Waals surface area contributed by atoms with Gasteiger partial charge in [-0.05, 0) is 56.2 Å². The van der Waals surface area contributed by atoms with Gasteiger partial charge in [-0.2, -0.15) is 0 Å². The lowest BCUT2D eigenvalue weighted by molar-refractivity contribution is -0.123. The molecule has 1 aliphatic rings. The van der Waals surface area contributed by atoms with Crippen LogP contribution in [0.2, 0.25) is 0 Å². The van der Waals surface area contributed by atoms with E-state index in [1.807, 2.05) is 37.3 Å². The monoisotopic (exact) mass is 354 g/mol. The van der Waals surface area contributed by atoms with Gasteiger partial charge >= 0.3 is 0 Å². The fraction of sp³-hybridized carbons (Fsp3) is 0.333. The van der Waals surface area contributed by atoms with Gasteiger partial charge in [-0.1, -0.05) is 18.2 Å². The number of carbonyl (C=O) groups is 2. The lowest BCUT2D eigenvalue weighted by atomic mass is 9.95. The molecule has 1 atom stereocenters. The number of para-hydroxylation sites is 1. The van der Waals surface area contributed by atoms with E-state index in [0.29, 0.717) is 25.2 Å². The van der Waals surface area contributed by atoms with Crippen LogP contribution >= 0.6 is 0 Å².